The summed E-state index contributed by atoms with van der Waals surface area (Å²) in [5.74, 6) is -0.286. The molecule has 0 radical (unpaired) electrons. The van der Waals surface area contributed by atoms with Crippen LogP contribution in [-0.4, -0.2) is 38.3 Å². The number of hydrogen-bond donors (Lipinski definition) is 2. The molecule has 0 bridgehead atoms. The predicted octanol–water partition coefficient (Wildman–Crippen LogP) is 1.24. The van der Waals surface area contributed by atoms with Crippen molar-refractivity contribution in [2.24, 2.45) is 0 Å². The first kappa shape index (κ1) is 16.3. The van der Waals surface area contributed by atoms with Crippen LogP contribution in [0.4, 0.5) is 5.69 Å². The zero-order valence-electron chi connectivity index (χ0n) is 11.9. The maximum Gasteiger partial charge on any atom is 0.243 e. The Bertz CT molecular complexity index is 671. The first-order chi connectivity index (χ1) is 9.71. The standard InChI is InChI=1S/C13H18BrN3O3S/c1-8-5-10(14)11(15)6-12(8)21(19,20)17(2)7-13(18)16-9-3-4-9/h5-6,9H,3-4,7,15H2,1-2H3,(H,16,18). The number of nitrogens with zero attached hydrogens (tertiary/aromatic N) is 1. The van der Waals surface area contributed by atoms with E-state index in [1.54, 1.807) is 13.0 Å². The van der Waals surface area contributed by atoms with Crippen molar-refractivity contribution in [1.82, 2.24) is 9.62 Å². The smallest absolute Gasteiger partial charge is 0.243 e. The van der Waals surface area contributed by atoms with Gasteiger partial charge in [0, 0.05) is 23.2 Å². The van der Waals surface area contributed by atoms with Crippen molar-refractivity contribution in [2.75, 3.05) is 19.3 Å². The van der Waals surface area contributed by atoms with Gasteiger partial charge in [-0.2, -0.15) is 4.31 Å². The van der Waals surface area contributed by atoms with E-state index in [1.807, 2.05) is 0 Å². The van der Waals surface area contributed by atoms with Crippen LogP contribution >= 0.6 is 15.9 Å². The lowest BCUT2D eigenvalue weighted by molar-refractivity contribution is -0.121. The van der Waals surface area contributed by atoms with Gasteiger partial charge < -0.3 is 11.1 Å². The molecule has 6 nitrogen and oxygen atoms in total. The van der Waals surface area contributed by atoms with Gasteiger partial charge in [-0.25, -0.2) is 8.42 Å². The fraction of sp³-hybridized carbons (Fsp3) is 0.462. The van der Waals surface area contributed by atoms with Crippen molar-refractivity contribution in [2.45, 2.75) is 30.7 Å². The van der Waals surface area contributed by atoms with Gasteiger partial charge in [-0.1, -0.05) is 0 Å². The van der Waals surface area contributed by atoms with Crippen LogP contribution in [0.2, 0.25) is 0 Å². The molecule has 116 valence electrons. The van der Waals surface area contributed by atoms with Crippen LogP contribution in [-0.2, 0) is 14.8 Å². The van der Waals surface area contributed by atoms with Crippen molar-refractivity contribution in [3.05, 3.63) is 22.2 Å². The molecule has 0 aliphatic heterocycles. The maximum absolute atomic E-state index is 12.5. The van der Waals surface area contributed by atoms with Gasteiger partial charge in [-0.05, 0) is 53.4 Å². The molecule has 1 aliphatic rings. The molecule has 1 aromatic rings. The SMILES string of the molecule is Cc1cc(Br)c(N)cc1S(=O)(=O)N(C)CC(=O)NC1CC1. The topological polar surface area (TPSA) is 92.5 Å². The molecule has 0 unspecified atom stereocenters. The minimum absolute atomic E-state index is 0.116. The summed E-state index contributed by atoms with van der Waals surface area (Å²) in [7, 11) is -2.36. The van der Waals surface area contributed by atoms with E-state index in [0.717, 1.165) is 17.1 Å². The number of aryl methyl sites for hydroxylation is 1. The fourth-order valence-electron chi connectivity index (χ4n) is 1.90. The summed E-state index contributed by atoms with van der Waals surface area (Å²) in [6, 6.07) is 3.27. The number of amides is 1. The normalized spacial score (nSPS) is 15.2. The fourth-order valence-corrected chi connectivity index (χ4v) is 3.73. The molecule has 0 heterocycles. The van der Waals surface area contributed by atoms with E-state index in [-0.39, 0.29) is 23.4 Å². The second kappa shape index (κ2) is 5.94. The van der Waals surface area contributed by atoms with Gasteiger partial charge in [0.1, 0.15) is 0 Å². The summed E-state index contributed by atoms with van der Waals surface area (Å²) < 4.78 is 26.7. The number of nitrogens with one attached hydrogen (secondary N) is 1. The van der Waals surface area contributed by atoms with Crippen molar-refractivity contribution < 1.29 is 13.2 Å². The van der Waals surface area contributed by atoms with Crippen LogP contribution in [0.5, 0.6) is 0 Å². The molecule has 8 heteroatoms. The molecular formula is C13H18BrN3O3S. The third kappa shape index (κ3) is 3.75. The van der Waals surface area contributed by atoms with E-state index in [2.05, 4.69) is 21.2 Å². The number of carbonyl (C=O) groups is 1. The average Bonchev–Trinajstić information content (AvgIpc) is 3.17. The summed E-state index contributed by atoms with van der Waals surface area (Å²) in [5.41, 5.74) is 6.67. The van der Waals surface area contributed by atoms with Crippen molar-refractivity contribution in [3.8, 4) is 0 Å². The molecule has 3 N–H and O–H groups in total. The molecule has 1 amide bonds. The monoisotopic (exact) mass is 375 g/mol. The highest BCUT2D eigenvalue weighted by Gasteiger charge is 2.28. The number of likely N-dealkylation sites (N-methyl/N-ethyl adjacent to an activating group) is 1. The van der Waals surface area contributed by atoms with E-state index in [0.29, 0.717) is 15.7 Å². The Morgan fingerprint density at radius 2 is 2.10 bits per heavy atom. The van der Waals surface area contributed by atoms with Gasteiger partial charge in [0.05, 0.1) is 11.4 Å². The Morgan fingerprint density at radius 3 is 2.67 bits per heavy atom. The van der Waals surface area contributed by atoms with Gasteiger partial charge in [-0.3, -0.25) is 4.79 Å². The third-order valence-electron chi connectivity index (χ3n) is 3.29. The molecule has 21 heavy (non-hydrogen) atoms. The van der Waals surface area contributed by atoms with Crippen molar-refractivity contribution in [3.63, 3.8) is 0 Å². The van der Waals surface area contributed by atoms with Crippen LogP contribution < -0.4 is 11.1 Å². The first-order valence-corrected chi connectivity index (χ1v) is 8.76. The number of nitrogens with two attached hydrogens (primary N) is 1. The highest BCUT2D eigenvalue weighted by atomic mass is 79.9. The third-order valence-corrected chi connectivity index (χ3v) is 5.92. The molecule has 0 atom stereocenters. The molecular weight excluding hydrogens is 358 g/mol. The Hall–Kier alpha value is -1.12. The Labute approximate surface area is 132 Å². The number of sulfonamides is 1. The van der Waals surface area contributed by atoms with E-state index in [9.17, 15) is 13.2 Å². The van der Waals surface area contributed by atoms with Gasteiger partial charge in [0.15, 0.2) is 0 Å². The number of anilines is 1. The molecule has 0 saturated heterocycles. The molecule has 0 spiro atoms. The molecule has 2 rings (SSSR count). The Balaban J connectivity index is 2.20. The number of nitrogen functional groups attached to an aromatic ring is 1. The quantitative estimate of drug-likeness (QED) is 0.757. The molecule has 1 saturated carbocycles. The summed E-state index contributed by atoms with van der Waals surface area (Å²) in [6.45, 7) is 1.49. The lowest BCUT2D eigenvalue weighted by Crippen LogP contribution is -2.39. The van der Waals surface area contributed by atoms with E-state index >= 15 is 0 Å². The lowest BCUT2D eigenvalue weighted by atomic mass is 10.2. The van der Waals surface area contributed by atoms with Crippen LogP contribution in [0.15, 0.2) is 21.5 Å². The first-order valence-electron chi connectivity index (χ1n) is 6.53. The number of rotatable bonds is 5. The molecule has 1 aliphatic carbocycles. The summed E-state index contributed by atoms with van der Waals surface area (Å²) >= 11 is 3.26. The summed E-state index contributed by atoms with van der Waals surface area (Å²) in [4.78, 5) is 11.9. The largest absolute Gasteiger partial charge is 0.398 e. The van der Waals surface area contributed by atoms with Gasteiger partial charge >= 0.3 is 0 Å². The highest BCUT2D eigenvalue weighted by Crippen LogP contribution is 2.28. The lowest BCUT2D eigenvalue weighted by Gasteiger charge is -2.19. The van der Waals surface area contributed by atoms with Gasteiger partial charge in [0.25, 0.3) is 0 Å². The molecule has 1 fully saturated rings. The van der Waals surface area contributed by atoms with E-state index in [4.69, 9.17) is 5.73 Å². The van der Waals surface area contributed by atoms with E-state index in [1.165, 1.54) is 13.1 Å². The average molecular weight is 376 g/mol. The van der Waals surface area contributed by atoms with Gasteiger partial charge in [-0.15, -0.1) is 0 Å². The summed E-state index contributed by atoms with van der Waals surface area (Å²) in [5, 5.41) is 2.77. The van der Waals surface area contributed by atoms with Crippen molar-refractivity contribution in [1.29, 1.82) is 0 Å². The minimum atomic E-state index is -3.75. The van der Waals surface area contributed by atoms with Crippen LogP contribution in [0.3, 0.4) is 0 Å². The number of benzene rings is 1. The van der Waals surface area contributed by atoms with Crippen LogP contribution in [0.1, 0.15) is 18.4 Å². The van der Waals surface area contributed by atoms with Crippen molar-refractivity contribution >= 4 is 37.5 Å². The zero-order valence-corrected chi connectivity index (χ0v) is 14.3. The molecule has 1 aromatic carbocycles. The number of hydrogen-bond acceptors (Lipinski definition) is 4. The molecule has 0 aromatic heterocycles. The van der Waals surface area contributed by atoms with E-state index < -0.39 is 10.0 Å². The highest BCUT2D eigenvalue weighted by molar-refractivity contribution is 9.10. The Kier molecular flexibility index (Phi) is 4.60. The zero-order chi connectivity index (χ0) is 15.8. The Morgan fingerprint density at radius 1 is 1.48 bits per heavy atom. The summed E-state index contributed by atoms with van der Waals surface area (Å²) in [6.07, 6.45) is 1.93. The number of carbonyl (C=O) groups excluding carboxylic acids is 1. The van der Waals surface area contributed by atoms with Crippen LogP contribution in [0.25, 0.3) is 0 Å². The second-order valence-electron chi connectivity index (χ2n) is 5.24. The minimum Gasteiger partial charge on any atom is -0.398 e. The predicted molar refractivity (Wildman–Crippen MR) is 84.3 cm³/mol. The second-order valence-corrected chi connectivity index (χ2v) is 8.11. The maximum atomic E-state index is 12.5. The van der Waals surface area contributed by atoms with Gasteiger partial charge in [0.2, 0.25) is 15.9 Å². The van der Waals surface area contributed by atoms with Crippen LogP contribution in [0, 0.1) is 6.92 Å². The number of halogens is 1.